The van der Waals surface area contributed by atoms with Gasteiger partial charge in [-0.25, -0.2) is 0 Å². The fourth-order valence-corrected chi connectivity index (χ4v) is 5.77. The first kappa shape index (κ1) is 18.3. The zero-order chi connectivity index (χ0) is 17.2. The van der Waals surface area contributed by atoms with Crippen LogP contribution in [0.25, 0.3) is 0 Å². The van der Waals surface area contributed by atoms with Crippen molar-refractivity contribution in [3.8, 4) is 5.75 Å². The van der Waals surface area contributed by atoms with Gasteiger partial charge in [-0.3, -0.25) is 4.90 Å². The van der Waals surface area contributed by atoms with E-state index in [0.29, 0.717) is 5.54 Å². The molecule has 1 aromatic rings. The molecule has 0 spiro atoms. The highest BCUT2D eigenvalue weighted by atomic mass is 79.9. The molecular formula is C21H32BrNO. The molecule has 3 rings (SSSR count). The van der Waals surface area contributed by atoms with Crippen molar-refractivity contribution in [3.05, 3.63) is 28.2 Å². The first-order chi connectivity index (χ1) is 11.6. The lowest BCUT2D eigenvalue weighted by molar-refractivity contribution is -0.0292. The second-order valence-corrected chi connectivity index (χ2v) is 8.79. The van der Waals surface area contributed by atoms with Gasteiger partial charge in [0, 0.05) is 22.1 Å². The number of hydrogen-bond acceptors (Lipinski definition) is 2. The van der Waals surface area contributed by atoms with Gasteiger partial charge in [0.2, 0.25) is 0 Å². The molecule has 0 radical (unpaired) electrons. The van der Waals surface area contributed by atoms with E-state index in [0.717, 1.165) is 35.1 Å². The van der Waals surface area contributed by atoms with Crippen LogP contribution in [0.3, 0.4) is 0 Å². The lowest BCUT2D eigenvalue weighted by Gasteiger charge is -2.54. The summed E-state index contributed by atoms with van der Waals surface area (Å²) in [5, 5.41) is 0. The Morgan fingerprint density at radius 1 is 1.29 bits per heavy atom. The maximum atomic E-state index is 5.63. The molecule has 2 aliphatic rings. The third-order valence-corrected chi connectivity index (χ3v) is 6.99. The van der Waals surface area contributed by atoms with Crippen LogP contribution in [0, 0.1) is 11.8 Å². The molecule has 134 valence electrons. The Morgan fingerprint density at radius 3 is 2.83 bits per heavy atom. The lowest BCUT2D eigenvalue weighted by Crippen LogP contribution is -2.54. The molecule has 1 aromatic carbocycles. The normalized spacial score (nSPS) is 29.7. The zero-order valence-corrected chi connectivity index (χ0v) is 17.1. The number of halogens is 1. The monoisotopic (exact) mass is 393 g/mol. The summed E-state index contributed by atoms with van der Waals surface area (Å²) in [4.78, 5) is 2.77. The van der Waals surface area contributed by atoms with Gasteiger partial charge < -0.3 is 4.74 Å². The lowest BCUT2D eigenvalue weighted by atomic mass is 9.62. The number of ether oxygens (including phenoxy) is 1. The number of fused-ring (bicyclic) bond motifs is 2. The average Bonchev–Trinajstić information content (AvgIpc) is 2.59. The van der Waals surface area contributed by atoms with Crippen molar-refractivity contribution < 1.29 is 4.74 Å². The van der Waals surface area contributed by atoms with Crippen molar-refractivity contribution in [1.29, 1.82) is 0 Å². The third-order valence-electron chi connectivity index (χ3n) is 6.49. The summed E-state index contributed by atoms with van der Waals surface area (Å²) in [5.41, 5.74) is 1.73. The zero-order valence-electron chi connectivity index (χ0n) is 15.5. The second-order valence-electron chi connectivity index (χ2n) is 7.87. The van der Waals surface area contributed by atoms with Gasteiger partial charge in [-0.05, 0) is 62.3 Å². The molecular weight excluding hydrogens is 362 g/mol. The van der Waals surface area contributed by atoms with E-state index in [-0.39, 0.29) is 0 Å². The van der Waals surface area contributed by atoms with Crippen LogP contribution in [-0.2, 0) is 6.54 Å². The minimum absolute atomic E-state index is 0.421. The summed E-state index contributed by atoms with van der Waals surface area (Å²) in [7, 11) is 1.78. The fourth-order valence-electron chi connectivity index (χ4n) is 5.36. The van der Waals surface area contributed by atoms with Crippen LogP contribution < -0.4 is 4.74 Å². The average molecular weight is 394 g/mol. The summed E-state index contributed by atoms with van der Waals surface area (Å²) in [5.74, 6) is 2.89. The van der Waals surface area contributed by atoms with Crippen LogP contribution in [0.2, 0.25) is 0 Å². The smallest absolute Gasteiger partial charge is 0.123 e. The molecule has 0 amide bonds. The third kappa shape index (κ3) is 3.67. The largest absolute Gasteiger partial charge is 0.496 e. The molecule has 0 aromatic heterocycles. The van der Waals surface area contributed by atoms with Crippen molar-refractivity contribution in [3.63, 3.8) is 0 Å². The maximum Gasteiger partial charge on any atom is 0.123 e. The molecule has 24 heavy (non-hydrogen) atoms. The van der Waals surface area contributed by atoms with E-state index in [1.165, 1.54) is 50.5 Å². The molecule has 2 fully saturated rings. The summed E-state index contributed by atoms with van der Waals surface area (Å²) in [6.07, 6.45) is 9.86. The van der Waals surface area contributed by atoms with Gasteiger partial charge in [-0.15, -0.1) is 0 Å². The van der Waals surface area contributed by atoms with E-state index in [9.17, 15) is 0 Å². The topological polar surface area (TPSA) is 12.5 Å². The van der Waals surface area contributed by atoms with E-state index in [4.69, 9.17) is 4.74 Å². The Labute approximate surface area is 156 Å². The summed E-state index contributed by atoms with van der Waals surface area (Å²) in [6.45, 7) is 6.84. The van der Waals surface area contributed by atoms with Gasteiger partial charge in [-0.1, -0.05) is 49.0 Å². The number of benzene rings is 1. The molecule has 2 bridgehead atoms. The number of hydrogen-bond donors (Lipinski definition) is 0. The van der Waals surface area contributed by atoms with Gasteiger partial charge >= 0.3 is 0 Å². The van der Waals surface area contributed by atoms with Crippen LogP contribution in [-0.4, -0.2) is 24.1 Å². The highest BCUT2D eigenvalue weighted by Gasteiger charge is 2.45. The predicted octanol–water partition coefficient (Wildman–Crippen LogP) is 6.03. The van der Waals surface area contributed by atoms with E-state index in [1.807, 2.05) is 0 Å². The Hall–Kier alpha value is -0.540. The Bertz CT molecular complexity index is 561. The van der Waals surface area contributed by atoms with Gasteiger partial charge in [0.1, 0.15) is 5.75 Å². The first-order valence-corrected chi connectivity index (χ1v) is 10.5. The first-order valence-electron chi connectivity index (χ1n) is 9.67. The fraction of sp³-hybridized carbons (Fsp3) is 0.714. The Morgan fingerprint density at radius 2 is 2.12 bits per heavy atom. The van der Waals surface area contributed by atoms with Crippen LogP contribution in [0.1, 0.15) is 64.4 Å². The van der Waals surface area contributed by atoms with Crippen LogP contribution in [0.5, 0.6) is 5.75 Å². The second kappa shape index (κ2) is 7.78. The Kier molecular flexibility index (Phi) is 5.92. The molecule has 2 nitrogen and oxygen atoms in total. The molecule has 2 saturated carbocycles. The van der Waals surface area contributed by atoms with Crippen molar-refractivity contribution in [2.24, 2.45) is 11.8 Å². The van der Waals surface area contributed by atoms with Crippen molar-refractivity contribution >= 4 is 15.9 Å². The predicted molar refractivity (Wildman–Crippen MR) is 104 cm³/mol. The van der Waals surface area contributed by atoms with E-state index >= 15 is 0 Å². The molecule has 0 N–H and O–H groups in total. The number of nitrogens with zero attached hydrogens (tertiary/aromatic N) is 1. The number of methoxy groups -OCH3 is 1. The molecule has 2 aliphatic carbocycles. The molecule has 0 saturated heterocycles. The molecule has 3 unspecified atom stereocenters. The molecule has 0 heterocycles. The van der Waals surface area contributed by atoms with Crippen LogP contribution in [0.15, 0.2) is 22.7 Å². The van der Waals surface area contributed by atoms with Gasteiger partial charge in [0.05, 0.1) is 7.11 Å². The van der Waals surface area contributed by atoms with Gasteiger partial charge in [0.15, 0.2) is 0 Å². The van der Waals surface area contributed by atoms with E-state index in [1.54, 1.807) is 7.11 Å². The van der Waals surface area contributed by atoms with Gasteiger partial charge in [0.25, 0.3) is 0 Å². The van der Waals surface area contributed by atoms with Gasteiger partial charge in [-0.2, -0.15) is 0 Å². The van der Waals surface area contributed by atoms with Crippen LogP contribution in [0.4, 0.5) is 0 Å². The number of rotatable bonds is 6. The molecule has 0 aliphatic heterocycles. The Balaban J connectivity index is 1.86. The van der Waals surface area contributed by atoms with Crippen LogP contribution >= 0.6 is 15.9 Å². The highest BCUT2D eigenvalue weighted by molar-refractivity contribution is 9.10. The SMILES string of the molecule is CCC1CC2CCCC(N(CC)Cc3cc(Br)ccc3OC)(C1)C2. The summed E-state index contributed by atoms with van der Waals surface area (Å²) < 4.78 is 6.77. The standard InChI is InChI=1S/C21H32BrNO/c1-4-16-11-17-7-6-10-21(13-16,14-17)23(5-2)15-18-12-19(22)8-9-20(18)24-3/h8-9,12,16-17H,4-7,10-11,13-15H2,1-3H3. The summed E-state index contributed by atoms with van der Waals surface area (Å²) >= 11 is 3.63. The minimum Gasteiger partial charge on any atom is -0.496 e. The quantitative estimate of drug-likeness (QED) is 0.584. The molecule has 3 heteroatoms. The maximum absolute atomic E-state index is 5.63. The molecule has 3 atom stereocenters. The van der Waals surface area contributed by atoms with Crippen molar-refractivity contribution in [2.45, 2.75) is 70.9 Å². The van der Waals surface area contributed by atoms with Crippen molar-refractivity contribution in [1.82, 2.24) is 4.90 Å². The van der Waals surface area contributed by atoms with Crippen molar-refractivity contribution in [2.75, 3.05) is 13.7 Å². The highest BCUT2D eigenvalue weighted by Crippen LogP contribution is 2.49. The van der Waals surface area contributed by atoms with E-state index in [2.05, 4.69) is 52.9 Å². The van der Waals surface area contributed by atoms with E-state index < -0.39 is 0 Å². The summed E-state index contributed by atoms with van der Waals surface area (Å²) in [6, 6.07) is 6.39. The minimum atomic E-state index is 0.421.